The van der Waals surface area contributed by atoms with Crippen molar-refractivity contribution >= 4 is 34.8 Å². The van der Waals surface area contributed by atoms with E-state index in [9.17, 15) is 0 Å². The second-order valence-corrected chi connectivity index (χ2v) is 6.56. The number of hydrogen-bond acceptors (Lipinski definition) is 0. The fourth-order valence-corrected chi connectivity index (χ4v) is 3.56. The Balaban J connectivity index is 1.87. The van der Waals surface area contributed by atoms with Crippen LogP contribution in [-0.2, 0) is 12.8 Å². The maximum atomic E-state index is 6.47. The van der Waals surface area contributed by atoms with E-state index in [1.807, 2.05) is 6.07 Å². The van der Waals surface area contributed by atoms with E-state index < -0.39 is 0 Å². The van der Waals surface area contributed by atoms with Crippen molar-refractivity contribution in [2.24, 2.45) is 0 Å². The molecule has 1 aromatic rings. The van der Waals surface area contributed by atoms with Gasteiger partial charge < -0.3 is 0 Å². The summed E-state index contributed by atoms with van der Waals surface area (Å²) >= 11 is 19.4. The highest BCUT2D eigenvalue weighted by atomic mass is 35.5. The summed E-state index contributed by atoms with van der Waals surface area (Å²) in [5, 5.41) is 1.94. The van der Waals surface area contributed by atoms with Crippen LogP contribution in [0.15, 0.2) is 53.7 Å². The van der Waals surface area contributed by atoms with Crippen molar-refractivity contribution in [2.75, 3.05) is 0 Å². The lowest BCUT2D eigenvalue weighted by Crippen LogP contribution is -1.97. The molecule has 2 aliphatic carbocycles. The first-order valence-electron chi connectivity index (χ1n) is 6.99. The molecule has 3 heteroatoms. The van der Waals surface area contributed by atoms with Crippen molar-refractivity contribution < 1.29 is 0 Å². The predicted octanol–water partition coefficient (Wildman–Crippen LogP) is 6.50. The molecule has 0 bridgehead atoms. The van der Waals surface area contributed by atoms with E-state index >= 15 is 0 Å². The van der Waals surface area contributed by atoms with E-state index in [0.29, 0.717) is 15.1 Å². The molecule has 0 nitrogen and oxygen atoms in total. The van der Waals surface area contributed by atoms with E-state index in [0.717, 1.165) is 36.8 Å². The van der Waals surface area contributed by atoms with Gasteiger partial charge >= 0.3 is 0 Å². The van der Waals surface area contributed by atoms with Gasteiger partial charge in [0.1, 0.15) is 0 Å². The standard InChI is InChI=1S/C18H15Cl3/c19-16-11-14(9-12-5-1-2-6-12)17(20)18(21)15(16)10-13-7-3-4-8-13/h1-5,7,11H,6,8-10H2. The predicted molar refractivity (Wildman–Crippen MR) is 92.6 cm³/mol. The molecule has 0 spiro atoms. The molecular weight excluding hydrogens is 323 g/mol. The van der Waals surface area contributed by atoms with Gasteiger partial charge in [0.05, 0.1) is 10.0 Å². The van der Waals surface area contributed by atoms with Gasteiger partial charge in [-0.3, -0.25) is 0 Å². The van der Waals surface area contributed by atoms with Gasteiger partial charge in [0.25, 0.3) is 0 Å². The minimum absolute atomic E-state index is 0.596. The van der Waals surface area contributed by atoms with Crippen LogP contribution >= 0.6 is 34.8 Å². The van der Waals surface area contributed by atoms with Crippen LogP contribution in [0, 0.1) is 0 Å². The zero-order valence-corrected chi connectivity index (χ0v) is 13.8. The van der Waals surface area contributed by atoms with Crippen LogP contribution in [0.2, 0.25) is 15.1 Å². The summed E-state index contributed by atoms with van der Waals surface area (Å²) in [6.45, 7) is 0. The van der Waals surface area contributed by atoms with Gasteiger partial charge in [-0.25, -0.2) is 0 Å². The zero-order chi connectivity index (χ0) is 14.8. The molecule has 2 aliphatic rings. The van der Waals surface area contributed by atoms with Crippen LogP contribution in [0.25, 0.3) is 0 Å². The number of allylic oxidation sites excluding steroid dienone is 8. The number of benzene rings is 1. The molecule has 1 aromatic carbocycles. The topological polar surface area (TPSA) is 0 Å². The summed E-state index contributed by atoms with van der Waals surface area (Å²) in [4.78, 5) is 0. The van der Waals surface area contributed by atoms with Crippen LogP contribution in [-0.4, -0.2) is 0 Å². The molecule has 0 aliphatic heterocycles. The smallest absolute Gasteiger partial charge is 0.0645 e. The van der Waals surface area contributed by atoms with Crippen LogP contribution in [0.1, 0.15) is 24.0 Å². The Kier molecular flexibility index (Phi) is 4.59. The van der Waals surface area contributed by atoms with Gasteiger partial charge in [-0.2, -0.15) is 0 Å². The molecule has 0 saturated carbocycles. The van der Waals surface area contributed by atoms with Gasteiger partial charge in [0, 0.05) is 5.02 Å². The molecule has 0 unspecified atom stereocenters. The largest absolute Gasteiger partial charge is 0.0840 e. The first-order chi connectivity index (χ1) is 10.1. The highest BCUT2D eigenvalue weighted by Crippen LogP contribution is 2.38. The lowest BCUT2D eigenvalue weighted by molar-refractivity contribution is 1.06. The SMILES string of the molecule is Clc1cc(CC2=CC=CC2)c(Cl)c(Cl)c1CC1=CC=CC1. The highest BCUT2D eigenvalue weighted by Gasteiger charge is 2.17. The monoisotopic (exact) mass is 336 g/mol. The number of halogens is 3. The lowest BCUT2D eigenvalue weighted by Gasteiger charge is -2.14. The molecule has 3 rings (SSSR count). The van der Waals surface area contributed by atoms with Crippen molar-refractivity contribution in [3.63, 3.8) is 0 Å². The van der Waals surface area contributed by atoms with E-state index in [1.165, 1.54) is 11.1 Å². The van der Waals surface area contributed by atoms with E-state index in [2.05, 4.69) is 36.5 Å². The Morgan fingerprint density at radius 2 is 1.43 bits per heavy atom. The molecule has 0 fully saturated rings. The summed E-state index contributed by atoms with van der Waals surface area (Å²) in [5.74, 6) is 0. The minimum atomic E-state index is 0.596. The Labute approximate surface area is 140 Å². The molecule has 21 heavy (non-hydrogen) atoms. The van der Waals surface area contributed by atoms with Gasteiger partial charge in [0.15, 0.2) is 0 Å². The quantitative estimate of drug-likeness (QED) is 0.550. The maximum Gasteiger partial charge on any atom is 0.0645 e. The van der Waals surface area contributed by atoms with Gasteiger partial charge in [-0.1, -0.05) is 82.4 Å². The summed E-state index contributed by atoms with van der Waals surface area (Å²) < 4.78 is 0. The fraction of sp³-hybridized carbons (Fsp3) is 0.222. The van der Waals surface area contributed by atoms with Crippen LogP contribution in [0.5, 0.6) is 0 Å². The first-order valence-corrected chi connectivity index (χ1v) is 8.13. The number of hydrogen-bond donors (Lipinski definition) is 0. The summed E-state index contributed by atoms with van der Waals surface area (Å²) in [7, 11) is 0. The van der Waals surface area contributed by atoms with Crippen LogP contribution in [0.4, 0.5) is 0 Å². The third-order valence-electron chi connectivity index (χ3n) is 3.85. The van der Waals surface area contributed by atoms with Gasteiger partial charge in [-0.15, -0.1) is 0 Å². The van der Waals surface area contributed by atoms with Crippen LogP contribution in [0.3, 0.4) is 0 Å². The second kappa shape index (κ2) is 6.44. The number of rotatable bonds is 4. The average molecular weight is 338 g/mol. The molecular formula is C18H15Cl3. The van der Waals surface area contributed by atoms with Crippen molar-refractivity contribution in [2.45, 2.75) is 25.7 Å². The lowest BCUT2D eigenvalue weighted by atomic mass is 9.99. The van der Waals surface area contributed by atoms with Gasteiger partial charge in [0.2, 0.25) is 0 Å². The third kappa shape index (κ3) is 3.29. The zero-order valence-electron chi connectivity index (χ0n) is 11.5. The van der Waals surface area contributed by atoms with Crippen molar-refractivity contribution in [1.29, 1.82) is 0 Å². The van der Waals surface area contributed by atoms with E-state index in [-0.39, 0.29) is 0 Å². The molecule has 0 saturated heterocycles. The fourth-order valence-electron chi connectivity index (χ4n) is 2.69. The van der Waals surface area contributed by atoms with Gasteiger partial charge in [-0.05, 0) is 42.9 Å². The Hall–Kier alpha value is -0.950. The van der Waals surface area contributed by atoms with Crippen molar-refractivity contribution in [1.82, 2.24) is 0 Å². The molecule has 0 atom stereocenters. The molecule has 0 amide bonds. The Bertz CT molecular complexity index is 691. The summed E-state index contributed by atoms with van der Waals surface area (Å²) in [6, 6.07) is 1.97. The third-order valence-corrected chi connectivity index (χ3v) is 5.13. The Morgan fingerprint density at radius 3 is 2.00 bits per heavy atom. The summed E-state index contributed by atoms with van der Waals surface area (Å²) in [6.07, 6.45) is 16.1. The molecule has 0 aromatic heterocycles. The van der Waals surface area contributed by atoms with Crippen molar-refractivity contribution in [3.05, 3.63) is 79.9 Å². The average Bonchev–Trinajstić information content (AvgIpc) is 3.14. The first kappa shape index (κ1) is 15.0. The molecule has 108 valence electrons. The minimum Gasteiger partial charge on any atom is -0.0840 e. The normalized spacial score (nSPS) is 16.5. The van der Waals surface area contributed by atoms with Crippen molar-refractivity contribution in [3.8, 4) is 0 Å². The van der Waals surface area contributed by atoms with Crippen LogP contribution < -0.4 is 0 Å². The Morgan fingerprint density at radius 1 is 0.810 bits per heavy atom. The molecule has 0 radical (unpaired) electrons. The highest BCUT2D eigenvalue weighted by molar-refractivity contribution is 6.44. The maximum absolute atomic E-state index is 6.47. The second-order valence-electron chi connectivity index (χ2n) is 5.39. The van der Waals surface area contributed by atoms with E-state index in [4.69, 9.17) is 34.8 Å². The molecule has 0 N–H and O–H groups in total. The molecule has 0 heterocycles. The summed E-state index contributed by atoms with van der Waals surface area (Å²) in [5.41, 5.74) is 4.58. The van der Waals surface area contributed by atoms with E-state index in [1.54, 1.807) is 0 Å².